The van der Waals surface area contributed by atoms with Gasteiger partial charge in [-0.1, -0.05) is 19.3 Å². The van der Waals surface area contributed by atoms with Gasteiger partial charge in [0.15, 0.2) is 5.43 Å². The number of likely N-dealkylation sites (tertiary alicyclic amines) is 2. The van der Waals surface area contributed by atoms with Crippen molar-refractivity contribution in [3.05, 3.63) is 33.7 Å². The maximum absolute atomic E-state index is 12.9. The molecule has 1 saturated carbocycles. The maximum atomic E-state index is 12.9. The standard InChI is InChI=1S/C22H33N3O2/c1-17-12-20(26)19(13-23-17)21(27)25-11-9-22(16-25)8-5-10-24(15-22)14-18-6-3-2-4-7-18/h12-13,18H,2-11,14-16H2,1H3,(H,23,26). The van der Waals surface area contributed by atoms with Gasteiger partial charge < -0.3 is 14.8 Å². The number of hydrogen-bond acceptors (Lipinski definition) is 3. The van der Waals surface area contributed by atoms with E-state index in [9.17, 15) is 9.59 Å². The predicted octanol–water partition coefficient (Wildman–Crippen LogP) is 3.19. The zero-order valence-electron chi connectivity index (χ0n) is 16.6. The molecule has 1 amide bonds. The van der Waals surface area contributed by atoms with E-state index in [0.29, 0.717) is 0 Å². The molecule has 3 aliphatic rings. The number of rotatable bonds is 3. The minimum absolute atomic E-state index is 0.0995. The lowest BCUT2D eigenvalue weighted by Gasteiger charge is -2.42. The molecular formula is C22H33N3O2. The fourth-order valence-corrected chi connectivity index (χ4v) is 5.55. The Morgan fingerprint density at radius 1 is 1.15 bits per heavy atom. The number of amides is 1. The lowest BCUT2D eigenvalue weighted by molar-refractivity contribution is 0.0629. The van der Waals surface area contributed by atoms with Gasteiger partial charge in [0.25, 0.3) is 5.91 Å². The van der Waals surface area contributed by atoms with Crippen molar-refractivity contribution in [2.45, 2.75) is 58.3 Å². The molecule has 1 aliphatic carbocycles. The Balaban J connectivity index is 1.39. The van der Waals surface area contributed by atoms with Gasteiger partial charge in [-0.2, -0.15) is 0 Å². The van der Waals surface area contributed by atoms with Crippen LogP contribution in [0.2, 0.25) is 0 Å². The Kier molecular flexibility index (Phi) is 5.40. The van der Waals surface area contributed by atoms with E-state index in [0.717, 1.165) is 37.7 Å². The SMILES string of the molecule is Cc1cc(=O)c(C(=O)N2CCC3(CCCN(CC4CCCCC4)C3)C2)c[nH]1. The molecule has 3 fully saturated rings. The van der Waals surface area contributed by atoms with Crippen molar-refractivity contribution in [1.82, 2.24) is 14.8 Å². The van der Waals surface area contributed by atoms with Gasteiger partial charge >= 0.3 is 0 Å². The van der Waals surface area contributed by atoms with Gasteiger partial charge in [-0.05, 0) is 51.5 Å². The van der Waals surface area contributed by atoms with Crippen molar-refractivity contribution in [2.24, 2.45) is 11.3 Å². The van der Waals surface area contributed by atoms with E-state index in [1.54, 1.807) is 6.20 Å². The molecule has 1 N–H and O–H groups in total. The molecule has 27 heavy (non-hydrogen) atoms. The van der Waals surface area contributed by atoms with E-state index in [2.05, 4.69) is 9.88 Å². The molecular weight excluding hydrogens is 338 g/mol. The quantitative estimate of drug-likeness (QED) is 0.888. The summed E-state index contributed by atoms with van der Waals surface area (Å²) in [7, 11) is 0. The first-order valence-corrected chi connectivity index (χ1v) is 10.8. The number of carbonyl (C=O) groups is 1. The van der Waals surface area contributed by atoms with Gasteiger partial charge in [-0.15, -0.1) is 0 Å². The number of carbonyl (C=O) groups excluding carboxylic acids is 1. The largest absolute Gasteiger partial charge is 0.364 e. The summed E-state index contributed by atoms with van der Waals surface area (Å²) < 4.78 is 0. The van der Waals surface area contributed by atoms with Crippen LogP contribution in [0.1, 0.15) is 67.4 Å². The molecule has 1 spiro atoms. The Morgan fingerprint density at radius 3 is 2.74 bits per heavy atom. The van der Waals surface area contributed by atoms with Crippen LogP contribution in [0.4, 0.5) is 0 Å². The highest BCUT2D eigenvalue weighted by atomic mass is 16.2. The average Bonchev–Trinajstić information content (AvgIpc) is 3.05. The smallest absolute Gasteiger partial charge is 0.259 e. The van der Waals surface area contributed by atoms with Crippen LogP contribution in [-0.2, 0) is 0 Å². The summed E-state index contributed by atoms with van der Waals surface area (Å²) >= 11 is 0. The van der Waals surface area contributed by atoms with Gasteiger partial charge in [-0.25, -0.2) is 0 Å². The first-order valence-electron chi connectivity index (χ1n) is 10.8. The van der Waals surface area contributed by atoms with E-state index in [4.69, 9.17) is 0 Å². The number of aromatic nitrogens is 1. The van der Waals surface area contributed by atoms with Crippen LogP contribution in [-0.4, -0.2) is 53.4 Å². The number of aryl methyl sites for hydroxylation is 1. The predicted molar refractivity (Wildman–Crippen MR) is 107 cm³/mol. The summed E-state index contributed by atoms with van der Waals surface area (Å²) in [6.07, 6.45) is 12.1. The van der Waals surface area contributed by atoms with Crippen molar-refractivity contribution in [3.8, 4) is 0 Å². The minimum Gasteiger partial charge on any atom is -0.364 e. The molecule has 1 aromatic rings. The third-order valence-corrected chi connectivity index (χ3v) is 6.99. The van der Waals surface area contributed by atoms with Gasteiger partial charge in [0.2, 0.25) is 0 Å². The third kappa shape index (κ3) is 4.13. The fraction of sp³-hybridized carbons (Fsp3) is 0.727. The lowest BCUT2D eigenvalue weighted by Crippen LogP contribution is -2.47. The van der Waals surface area contributed by atoms with Crippen LogP contribution in [0.25, 0.3) is 0 Å². The van der Waals surface area contributed by atoms with E-state index in [1.165, 1.54) is 64.1 Å². The van der Waals surface area contributed by atoms with Crippen molar-refractivity contribution < 1.29 is 4.79 Å². The molecule has 1 atom stereocenters. The monoisotopic (exact) mass is 371 g/mol. The van der Waals surface area contributed by atoms with E-state index < -0.39 is 0 Å². The summed E-state index contributed by atoms with van der Waals surface area (Å²) in [5.41, 5.74) is 1.15. The summed E-state index contributed by atoms with van der Waals surface area (Å²) in [6, 6.07) is 1.52. The number of aromatic amines is 1. The highest BCUT2D eigenvalue weighted by molar-refractivity contribution is 5.94. The summed E-state index contributed by atoms with van der Waals surface area (Å²) in [5.74, 6) is 0.775. The molecule has 5 nitrogen and oxygen atoms in total. The Labute approximate surface area is 162 Å². The van der Waals surface area contributed by atoms with E-state index in [-0.39, 0.29) is 22.3 Å². The summed E-state index contributed by atoms with van der Waals surface area (Å²) in [4.78, 5) is 32.7. The topological polar surface area (TPSA) is 56.4 Å². The molecule has 2 aliphatic heterocycles. The van der Waals surface area contributed by atoms with Gasteiger partial charge in [0.05, 0.1) is 0 Å². The van der Waals surface area contributed by atoms with E-state index >= 15 is 0 Å². The first-order chi connectivity index (χ1) is 13.0. The molecule has 5 heteroatoms. The molecule has 1 unspecified atom stereocenters. The second-order valence-corrected chi connectivity index (χ2v) is 9.21. The molecule has 0 radical (unpaired) electrons. The number of pyridine rings is 1. The van der Waals surface area contributed by atoms with Crippen molar-refractivity contribution in [1.29, 1.82) is 0 Å². The van der Waals surface area contributed by atoms with Crippen molar-refractivity contribution in [2.75, 3.05) is 32.7 Å². The molecule has 1 aromatic heterocycles. The second kappa shape index (κ2) is 7.78. The third-order valence-electron chi connectivity index (χ3n) is 6.99. The van der Waals surface area contributed by atoms with Crippen LogP contribution < -0.4 is 5.43 Å². The number of piperidine rings is 1. The van der Waals surface area contributed by atoms with Gasteiger partial charge in [0, 0.05) is 49.6 Å². The van der Waals surface area contributed by atoms with Crippen LogP contribution >= 0.6 is 0 Å². The van der Waals surface area contributed by atoms with Crippen molar-refractivity contribution in [3.63, 3.8) is 0 Å². The van der Waals surface area contributed by atoms with Gasteiger partial charge in [-0.3, -0.25) is 9.59 Å². The maximum Gasteiger partial charge on any atom is 0.259 e. The fourth-order valence-electron chi connectivity index (χ4n) is 5.55. The van der Waals surface area contributed by atoms with E-state index in [1.807, 2.05) is 11.8 Å². The molecule has 148 valence electrons. The number of H-pyrrole nitrogens is 1. The highest BCUT2D eigenvalue weighted by Gasteiger charge is 2.43. The van der Waals surface area contributed by atoms with Crippen LogP contribution in [0.3, 0.4) is 0 Å². The number of hydrogen-bond donors (Lipinski definition) is 1. The Morgan fingerprint density at radius 2 is 1.96 bits per heavy atom. The lowest BCUT2D eigenvalue weighted by atomic mass is 9.78. The number of nitrogens with zero attached hydrogens (tertiary/aromatic N) is 2. The zero-order chi connectivity index (χ0) is 18.9. The Hall–Kier alpha value is -1.62. The van der Waals surface area contributed by atoms with Crippen LogP contribution in [0.5, 0.6) is 0 Å². The average molecular weight is 372 g/mol. The molecule has 4 rings (SSSR count). The molecule has 3 heterocycles. The second-order valence-electron chi connectivity index (χ2n) is 9.21. The van der Waals surface area contributed by atoms with Crippen LogP contribution in [0, 0.1) is 18.3 Å². The van der Waals surface area contributed by atoms with Crippen LogP contribution in [0.15, 0.2) is 17.1 Å². The Bertz CT molecular complexity index is 737. The van der Waals surface area contributed by atoms with Gasteiger partial charge in [0.1, 0.15) is 5.56 Å². The van der Waals surface area contributed by atoms with Crippen molar-refractivity contribution >= 4 is 5.91 Å². The highest BCUT2D eigenvalue weighted by Crippen LogP contribution is 2.40. The summed E-state index contributed by atoms with van der Waals surface area (Å²) in [6.45, 7) is 7.00. The molecule has 0 bridgehead atoms. The first kappa shape index (κ1) is 18.7. The zero-order valence-corrected chi connectivity index (χ0v) is 16.6. The normalized spacial score (nSPS) is 27.4. The molecule has 0 aromatic carbocycles. The molecule has 2 saturated heterocycles. The minimum atomic E-state index is -0.167. The number of nitrogens with one attached hydrogen (secondary N) is 1. The summed E-state index contributed by atoms with van der Waals surface area (Å²) in [5, 5.41) is 0.